The van der Waals surface area contributed by atoms with Gasteiger partial charge in [0.25, 0.3) is 0 Å². The first-order chi connectivity index (χ1) is 8.16. The first-order valence-electron chi connectivity index (χ1n) is 6.19. The standard InChI is InChI=1S/C13H22O4/c1-13(16-10-11-17-13)9-7-5-3-4-6-8-12(14)15-2/h6,8H,3-5,7,9-11H2,1-2H3. The van der Waals surface area contributed by atoms with Crippen LogP contribution < -0.4 is 0 Å². The van der Waals surface area contributed by atoms with Gasteiger partial charge in [-0.2, -0.15) is 0 Å². The predicted octanol–water partition coefficient (Wildman–Crippen LogP) is 2.43. The molecule has 4 nitrogen and oxygen atoms in total. The summed E-state index contributed by atoms with van der Waals surface area (Å²) in [6.45, 7) is 3.41. The summed E-state index contributed by atoms with van der Waals surface area (Å²) in [5.41, 5.74) is 0. The van der Waals surface area contributed by atoms with E-state index in [9.17, 15) is 4.79 Å². The zero-order valence-electron chi connectivity index (χ0n) is 10.7. The van der Waals surface area contributed by atoms with Gasteiger partial charge in [-0.1, -0.05) is 12.5 Å². The Balaban J connectivity index is 1.97. The number of carbonyl (C=O) groups is 1. The maximum atomic E-state index is 10.8. The highest BCUT2D eigenvalue weighted by atomic mass is 16.7. The van der Waals surface area contributed by atoms with Gasteiger partial charge < -0.3 is 14.2 Å². The molecule has 98 valence electrons. The number of hydrogen-bond donors (Lipinski definition) is 0. The molecule has 0 aromatic rings. The van der Waals surface area contributed by atoms with Gasteiger partial charge in [-0.25, -0.2) is 4.79 Å². The third-order valence-corrected chi connectivity index (χ3v) is 2.85. The van der Waals surface area contributed by atoms with Crippen molar-refractivity contribution in [1.82, 2.24) is 0 Å². The van der Waals surface area contributed by atoms with Crippen molar-refractivity contribution in [1.29, 1.82) is 0 Å². The molecule has 0 unspecified atom stereocenters. The first kappa shape index (κ1) is 14.2. The highest BCUT2D eigenvalue weighted by molar-refractivity contribution is 5.81. The van der Waals surface area contributed by atoms with Crippen LogP contribution in [0.15, 0.2) is 12.2 Å². The lowest BCUT2D eigenvalue weighted by Crippen LogP contribution is -2.24. The smallest absolute Gasteiger partial charge is 0.330 e. The number of allylic oxidation sites excluding steroid dienone is 1. The Morgan fingerprint density at radius 3 is 2.65 bits per heavy atom. The van der Waals surface area contributed by atoms with E-state index in [-0.39, 0.29) is 11.8 Å². The zero-order valence-corrected chi connectivity index (χ0v) is 10.7. The average molecular weight is 242 g/mol. The van der Waals surface area contributed by atoms with Gasteiger partial charge in [-0.05, 0) is 26.2 Å². The molecule has 0 spiro atoms. The molecule has 0 aromatic carbocycles. The molecular weight excluding hydrogens is 220 g/mol. The van der Waals surface area contributed by atoms with Crippen molar-refractivity contribution >= 4 is 5.97 Å². The molecular formula is C13H22O4. The molecule has 0 amide bonds. The molecule has 0 radical (unpaired) electrons. The number of ether oxygens (including phenoxy) is 3. The summed E-state index contributed by atoms with van der Waals surface area (Å²) in [7, 11) is 1.38. The van der Waals surface area contributed by atoms with E-state index in [2.05, 4.69) is 4.74 Å². The Kier molecular flexibility index (Phi) is 6.22. The van der Waals surface area contributed by atoms with Gasteiger partial charge in [0.05, 0.1) is 20.3 Å². The molecule has 4 heteroatoms. The topological polar surface area (TPSA) is 44.8 Å². The minimum atomic E-state index is -0.359. The van der Waals surface area contributed by atoms with Crippen molar-refractivity contribution < 1.29 is 19.0 Å². The van der Waals surface area contributed by atoms with Gasteiger partial charge in [0.2, 0.25) is 0 Å². The van der Waals surface area contributed by atoms with Crippen molar-refractivity contribution in [3.8, 4) is 0 Å². The molecule has 0 aromatic heterocycles. The van der Waals surface area contributed by atoms with E-state index in [4.69, 9.17) is 9.47 Å². The fraction of sp³-hybridized carbons (Fsp3) is 0.769. The second-order valence-electron chi connectivity index (χ2n) is 4.36. The molecule has 1 fully saturated rings. The fourth-order valence-corrected chi connectivity index (χ4v) is 1.83. The summed E-state index contributed by atoms with van der Waals surface area (Å²) in [6, 6.07) is 0. The van der Waals surface area contributed by atoms with Crippen molar-refractivity contribution in [3.63, 3.8) is 0 Å². The second-order valence-corrected chi connectivity index (χ2v) is 4.36. The van der Waals surface area contributed by atoms with E-state index in [0.717, 1.165) is 32.1 Å². The molecule has 1 heterocycles. The van der Waals surface area contributed by atoms with Crippen LogP contribution in [0, 0.1) is 0 Å². The molecule has 0 N–H and O–H groups in total. The van der Waals surface area contributed by atoms with E-state index in [1.165, 1.54) is 13.2 Å². The molecule has 0 atom stereocenters. The first-order valence-corrected chi connectivity index (χ1v) is 6.19. The van der Waals surface area contributed by atoms with Crippen LogP contribution in [0.4, 0.5) is 0 Å². The number of unbranched alkanes of at least 4 members (excludes halogenated alkanes) is 3. The highest BCUT2D eigenvalue weighted by Gasteiger charge is 2.29. The maximum Gasteiger partial charge on any atom is 0.330 e. The Bertz CT molecular complexity index is 254. The molecule has 0 aliphatic carbocycles. The van der Waals surface area contributed by atoms with Crippen molar-refractivity contribution in [2.45, 2.75) is 44.8 Å². The number of esters is 1. The van der Waals surface area contributed by atoms with Crippen LogP contribution in [-0.4, -0.2) is 32.1 Å². The van der Waals surface area contributed by atoms with Crippen LogP contribution >= 0.6 is 0 Å². The number of methoxy groups -OCH3 is 1. The Hall–Kier alpha value is -0.870. The van der Waals surface area contributed by atoms with Gasteiger partial charge in [-0.15, -0.1) is 0 Å². The SMILES string of the molecule is COC(=O)C=CCCCCCC1(C)OCCO1. The lowest BCUT2D eigenvalue weighted by atomic mass is 10.1. The summed E-state index contributed by atoms with van der Waals surface area (Å²) < 4.78 is 15.5. The van der Waals surface area contributed by atoms with E-state index >= 15 is 0 Å². The quantitative estimate of drug-likeness (QED) is 0.391. The summed E-state index contributed by atoms with van der Waals surface area (Å²) in [5, 5.41) is 0. The summed E-state index contributed by atoms with van der Waals surface area (Å²) in [4.78, 5) is 10.8. The molecule has 17 heavy (non-hydrogen) atoms. The second kappa shape index (κ2) is 7.45. The zero-order chi connectivity index (χ0) is 12.6. The van der Waals surface area contributed by atoms with E-state index in [1.807, 2.05) is 13.0 Å². The Morgan fingerprint density at radius 1 is 1.29 bits per heavy atom. The van der Waals surface area contributed by atoms with Gasteiger partial charge in [0.15, 0.2) is 5.79 Å². The third kappa shape index (κ3) is 5.84. The number of rotatable bonds is 7. The average Bonchev–Trinajstić information content (AvgIpc) is 2.75. The lowest BCUT2D eigenvalue weighted by Gasteiger charge is -2.21. The molecule has 1 aliphatic heterocycles. The predicted molar refractivity (Wildman–Crippen MR) is 64.6 cm³/mol. The van der Waals surface area contributed by atoms with Crippen LogP contribution in [-0.2, 0) is 19.0 Å². The maximum absolute atomic E-state index is 10.8. The fourth-order valence-electron chi connectivity index (χ4n) is 1.83. The van der Waals surface area contributed by atoms with Gasteiger partial charge in [-0.3, -0.25) is 0 Å². The minimum Gasteiger partial charge on any atom is -0.466 e. The highest BCUT2D eigenvalue weighted by Crippen LogP contribution is 2.25. The van der Waals surface area contributed by atoms with Gasteiger partial charge in [0, 0.05) is 12.5 Å². The molecule has 1 rings (SSSR count). The van der Waals surface area contributed by atoms with Crippen LogP contribution in [0.2, 0.25) is 0 Å². The molecule has 1 saturated heterocycles. The van der Waals surface area contributed by atoms with Crippen LogP contribution in [0.3, 0.4) is 0 Å². The summed E-state index contributed by atoms with van der Waals surface area (Å²) in [5.74, 6) is -0.646. The number of hydrogen-bond acceptors (Lipinski definition) is 4. The lowest BCUT2D eigenvalue weighted by molar-refractivity contribution is -0.147. The van der Waals surface area contributed by atoms with E-state index < -0.39 is 0 Å². The van der Waals surface area contributed by atoms with Crippen molar-refractivity contribution in [2.24, 2.45) is 0 Å². The van der Waals surface area contributed by atoms with Crippen molar-refractivity contribution in [2.75, 3.05) is 20.3 Å². The van der Waals surface area contributed by atoms with Crippen LogP contribution in [0.5, 0.6) is 0 Å². The monoisotopic (exact) mass is 242 g/mol. The minimum absolute atomic E-state index is 0.287. The summed E-state index contributed by atoms with van der Waals surface area (Å²) in [6.07, 6.45) is 8.46. The molecule has 0 saturated carbocycles. The normalized spacial score (nSPS) is 18.7. The van der Waals surface area contributed by atoms with Crippen molar-refractivity contribution in [3.05, 3.63) is 12.2 Å². The van der Waals surface area contributed by atoms with Crippen LogP contribution in [0.25, 0.3) is 0 Å². The third-order valence-electron chi connectivity index (χ3n) is 2.85. The molecule has 1 aliphatic rings. The van der Waals surface area contributed by atoms with E-state index in [0.29, 0.717) is 13.2 Å². The van der Waals surface area contributed by atoms with Gasteiger partial charge >= 0.3 is 5.97 Å². The molecule has 0 bridgehead atoms. The van der Waals surface area contributed by atoms with E-state index in [1.54, 1.807) is 0 Å². The van der Waals surface area contributed by atoms with Crippen LogP contribution in [0.1, 0.15) is 39.0 Å². The largest absolute Gasteiger partial charge is 0.466 e. The van der Waals surface area contributed by atoms with Gasteiger partial charge in [0.1, 0.15) is 0 Å². The Morgan fingerprint density at radius 2 is 2.00 bits per heavy atom. The number of carbonyl (C=O) groups excluding carboxylic acids is 1. The Labute approximate surface area is 103 Å². The summed E-state index contributed by atoms with van der Waals surface area (Å²) >= 11 is 0.